The third kappa shape index (κ3) is 4.31. The molecule has 0 radical (unpaired) electrons. The molecule has 17 heavy (non-hydrogen) atoms. The molecule has 0 bridgehead atoms. The molecule has 0 spiro atoms. The summed E-state index contributed by atoms with van der Waals surface area (Å²) in [7, 11) is 1.71. The maximum Gasteiger partial charge on any atom is 0.165 e. The molecule has 1 unspecified atom stereocenters. The minimum absolute atomic E-state index is 0.0480. The zero-order valence-electron chi connectivity index (χ0n) is 11.2. The maximum atomic E-state index is 12.1. The number of carbonyl (C=O) groups excluding carboxylic acids is 1. The molecule has 0 aliphatic carbocycles. The van der Waals surface area contributed by atoms with Crippen LogP contribution in [0.4, 0.5) is 0 Å². The number of methoxy groups -OCH3 is 1. The van der Waals surface area contributed by atoms with Crippen molar-refractivity contribution in [2.75, 3.05) is 7.11 Å². The summed E-state index contributed by atoms with van der Waals surface area (Å²) in [4.78, 5) is 12.1. The van der Waals surface area contributed by atoms with E-state index >= 15 is 0 Å². The predicted molar refractivity (Wildman–Crippen MR) is 70.3 cm³/mol. The normalized spacial score (nSPS) is 13.4. The highest BCUT2D eigenvalue weighted by Gasteiger charge is 2.21. The van der Waals surface area contributed by atoms with Gasteiger partial charge < -0.3 is 4.74 Å². The van der Waals surface area contributed by atoms with Crippen molar-refractivity contribution in [2.24, 2.45) is 5.92 Å². The van der Waals surface area contributed by atoms with Crippen molar-refractivity contribution in [2.45, 2.75) is 39.2 Å². The van der Waals surface area contributed by atoms with E-state index in [1.807, 2.05) is 51.1 Å². The van der Waals surface area contributed by atoms with Gasteiger partial charge in [0, 0.05) is 18.6 Å². The van der Waals surface area contributed by atoms with Crippen molar-refractivity contribution >= 4 is 5.78 Å². The first-order valence-electron chi connectivity index (χ1n) is 6.11. The fourth-order valence-corrected chi connectivity index (χ4v) is 1.68. The van der Waals surface area contributed by atoms with Gasteiger partial charge in [0.15, 0.2) is 5.78 Å². The third-order valence-electron chi connectivity index (χ3n) is 3.24. The summed E-state index contributed by atoms with van der Waals surface area (Å²) in [6, 6.07) is 9.48. The second-order valence-electron chi connectivity index (χ2n) is 5.13. The zero-order chi connectivity index (χ0) is 12.9. The number of hydrogen-bond acceptors (Lipinski definition) is 2. The minimum Gasteiger partial charge on any atom is -0.379 e. The van der Waals surface area contributed by atoms with E-state index in [2.05, 4.69) is 0 Å². The standard InChI is InChI=1S/C15H22O2/c1-12(10-11-15(2,3)17-4)14(16)13-8-6-5-7-9-13/h5-9,12H,10-11H2,1-4H3. The fourth-order valence-electron chi connectivity index (χ4n) is 1.68. The lowest BCUT2D eigenvalue weighted by Crippen LogP contribution is -2.24. The van der Waals surface area contributed by atoms with Gasteiger partial charge in [-0.2, -0.15) is 0 Å². The molecular formula is C15H22O2. The number of rotatable bonds is 6. The van der Waals surface area contributed by atoms with Crippen LogP contribution in [0, 0.1) is 5.92 Å². The molecule has 0 N–H and O–H groups in total. The Hall–Kier alpha value is -1.15. The highest BCUT2D eigenvalue weighted by Crippen LogP contribution is 2.21. The summed E-state index contributed by atoms with van der Waals surface area (Å²) >= 11 is 0. The fraction of sp³-hybridized carbons (Fsp3) is 0.533. The van der Waals surface area contributed by atoms with Crippen LogP contribution < -0.4 is 0 Å². The molecule has 1 rings (SSSR count). The van der Waals surface area contributed by atoms with Gasteiger partial charge in [-0.3, -0.25) is 4.79 Å². The summed E-state index contributed by atoms with van der Waals surface area (Å²) in [6.45, 7) is 6.08. The Kier molecular flexibility index (Phi) is 4.88. The van der Waals surface area contributed by atoms with Crippen molar-refractivity contribution in [1.82, 2.24) is 0 Å². The van der Waals surface area contributed by atoms with Gasteiger partial charge in [-0.1, -0.05) is 37.3 Å². The first-order chi connectivity index (χ1) is 7.96. The smallest absolute Gasteiger partial charge is 0.165 e. The molecule has 0 amide bonds. The minimum atomic E-state index is -0.148. The summed E-state index contributed by atoms with van der Waals surface area (Å²) in [5.74, 6) is 0.268. The summed E-state index contributed by atoms with van der Waals surface area (Å²) in [5.41, 5.74) is 0.654. The molecule has 1 aromatic carbocycles. The lowest BCUT2D eigenvalue weighted by Gasteiger charge is -2.24. The maximum absolute atomic E-state index is 12.1. The monoisotopic (exact) mass is 234 g/mol. The lowest BCUT2D eigenvalue weighted by molar-refractivity contribution is 0.0112. The number of carbonyl (C=O) groups is 1. The van der Waals surface area contributed by atoms with E-state index in [1.54, 1.807) is 7.11 Å². The van der Waals surface area contributed by atoms with Crippen LogP contribution in [0.5, 0.6) is 0 Å². The van der Waals surface area contributed by atoms with Gasteiger partial charge in [0.05, 0.1) is 5.60 Å². The molecule has 0 aromatic heterocycles. The second kappa shape index (κ2) is 5.97. The number of ether oxygens (including phenoxy) is 1. The van der Waals surface area contributed by atoms with Crippen LogP contribution in [0.3, 0.4) is 0 Å². The molecule has 2 nitrogen and oxygen atoms in total. The van der Waals surface area contributed by atoms with Gasteiger partial charge in [-0.05, 0) is 26.7 Å². The van der Waals surface area contributed by atoms with Gasteiger partial charge in [0.25, 0.3) is 0 Å². The van der Waals surface area contributed by atoms with E-state index in [0.29, 0.717) is 0 Å². The Morgan fingerprint density at radius 1 is 1.29 bits per heavy atom. The van der Waals surface area contributed by atoms with Crippen molar-refractivity contribution in [3.05, 3.63) is 35.9 Å². The molecule has 0 saturated heterocycles. The SMILES string of the molecule is COC(C)(C)CCC(C)C(=O)c1ccccc1. The molecule has 1 atom stereocenters. The molecule has 94 valence electrons. The van der Waals surface area contributed by atoms with E-state index in [0.717, 1.165) is 18.4 Å². The van der Waals surface area contributed by atoms with Gasteiger partial charge in [0.2, 0.25) is 0 Å². The number of hydrogen-bond donors (Lipinski definition) is 0. The Labute approximate surface area is 104 Å². The molecule has 0 saturated carbocycles. The summed E-state index contributed by atoms with van der Waals surface area (Å²) in [6.07, 6.45) is 1.75. The predicted octanol–water partition coefficient (Wildman–Crippen LogP) is 3.71. The Bertz CT molecular complexity index is 354. The van der Waals surface area contributed by atoms with Gasteiger partial charge in [-0.25, -0.2) is 0 Å². The average Bonchev–Trinajstić information content (AvgIpc) is 2.36. The van der Waals surface area contributed by atoms with Crippen LogP contribution in [-0.2, 0) is 4.74 Å². The Morgan fingerprint density at radius 2 is 1.88 bits per heavy atom. The van der Waals surface area contributed by atoms with Crippen LogP contribution in [0.1, 0.15) is 44.0 Å². The van der Waals surface area contributed by atoms with Crippen LogP contribution in [0.15, 0.2) is 30.3 Å². The van der Waals surface area contributed by atoms with E-state index < -0.39 is 0 Å². The van der Waals surface area contributed by atoms with Gasteiger partial charge in [0.1, 0.15) is 0 Å². The van der Waals surface area contributed by atoms with Crippen LogP contribution in [0.2, 0.25) is 0 Å². The first kappa shape index (κ1) is 13.9. The van der Waals surface area contributed by atoms with E-state index in [1.165, 1.54) is 0 Å². The third-order valence-corrected chi connectivity index (χ3v) is 3.24. The largest absolute Gasteiger partial charge is 0.379 e. The molecule has 1 aromatic rings. The molecule has 2 heteroatoms. The number of ketones is 1. The molecule has 0 heterocycles. The van der Waals surface area contributed by atoms with Crippen LogP contribution in [0.25, 0.3) is 0 Å². The van der Waals surface area contributed by atoms with Gasteiger partial charge >= 0.3 is 0 Å². The molecule has 0 aliphatic rings. The van der Waals surface area contributed by atoms with E-state index in [9.17, 15) is 4.79 Å². The summed E-state index contributed by atoms with van der Waals surface area (Å²) < 4.78 is 5.36. The number of Topliss-reactive ketones (excluding diaryl/α,β-unsaturated/α-hetero) is 1. The first-order valence-corrected chi connectivity index (χ1v) is 6.11. The van der Waals surface area contributed by atoms with Crippen molar-refractivity contribution in [3.63, 3.8) is 0 Å². The zero-order valence-corrected chi connectivity index (χ0v) is 11.2. The molecule has 0 aliphatic heterocycles. The van der Waals surface area contributed by atoms with Gasteiger partial charge in [-0.15, -0.1) is 0 Å². The highest BCUT2D eigenvalue weighted by molar-refractivity contribution is 5.97. The Morgan fingerprint density at radius 3 is 2.41 bits per heavy atom. The van der Waals surface area contributed by atoms with Crippen molar-refractivity contribution in [3.8, 4) is 0 Å². The summed E-state index contributed by atoms with van der Waals surface area (Å²) in [5, 5.41) is 0. The molecular weight excluding hydrogens is 212 g/mol. The molecule has 0 fully saturated rings. The van der Waals surface area contributed by atoms with Crippen LogP contribution >= 0.6 is 0 Å². The number of benzene rings is 1. The van der Waals surface area contributed by atoms with E-state index in [-0.39, 0.29) is 17.3 Å². The second-order valence-corrected chi connectivity index (χ2v) is 5.13. The lowest BCUT2D eigenvalue weighted by atomic mass is 9.90. The van der Waals surface area contributed by atoms with Crippen molar-refractivity contribution < 1.29 is 9.53 Å². The quantitative estimate of drug-likeness (QED) is 0.701. The average molecular weight is 234 g/mol. The van der Waals surface area contributed by atoms with Crippen molar-refractivity contribution in [1.29, 1.82) is 0 Å². The highest BCUT2D eigenvalue weighted by atomic mass is 16.5. The topological polar surface area (TPSA) is 26.3 Å². The van der Waals surface area contributed by atoms with Crippen LogP contribution in [-0.4, -0.2) is 18.5 Å². The Balaban J connectivity index is 2.54. The van der Waals surface area contributed by atoms with E-state index in [4.69, 9.17) is 4.74 Å².